The molecule has 1 N–H and O–H groups in total. The summed E-state index contributed by atoms with van der Waals surface area (Å²) in [5.41, 5.74) is 1.85. The van der Waals surface area contributed by atoms with Crippen LogP contribution in [0.2, 0.25) is 5.02 Å². The molecule has 2 rings (SSSR count). The highest BCUT2D eigenvalue weighted by Crippen LogP contribution is 2.36. The van der Waals surface area contributed by atoms with Crippen LogP contribution < -0.4 is 14.8 Å². The van der Waals surface area contributed by atoms with E-state index in [-0.39, 0.29) is 10.6 Å². The fourth-order valence-corrected chi connectivity index (χ4v) is 2.49. The van der Waals surface area contributed by atoms with Crippen molar-refractivity contribution in [2.45, 2.75) is 20.0 Å². The van der Waals surface area contributed by atoms with E-state index >= 15 is 0 Å². The molecule has 1 atom stereocenters. The van der Waals surface area contributed by atoms with E-state index in [1.807, 2.05) is 19.1 Å². The van der Waals surface area contributed by atoms with E-state index in [0.717, 1.165) is 5.56 Å². The molecule has 0 saturated heterocycles. The summed E-state index contributed by atoms with van der Waals surface area (Å²) >= 11 is 6.08. The van der Waals surface area contributed by atoms with Crippen molar-refractivity contribution in [1.29, 1.82) is 0 Å². The molecule has 0 bridgehead atoms. The number of ether oxygens (including phenoxy) is 3. The van der Waals surface area contributed by atoms with E-state index in [9.17, 15) is 9.59 Å². The molecule has 7 heteroatoms. The molecule has 0 aliphatic heterocycles. The number of carbonyl (C=O) groups is 2. The van der Waals surface area contributed by atoms with Gasteiger partial charge in [-0.3, -0.25) is 4.79 Å². The van der Waals surface area contributed by atoms with Gasteiger partial charge in [0.1, 0.15) is 0 Å². The molecule has 0 saturated carbocycles. The number of hydrogen-bond donors (Lipinski definition) is 1. The van der Waals surface area contributed by atoms with E-state index in [4.69, 9.17) is 25.8 Å². The first-order valence-corrected chi connectivity index (χ1v) is 8.23. The van der Waals surface area contributed by atoms with Crippen LogP contribution in [0, 0.1) is 6.92 Å². The zero-order valence-electron chi connectivity index (χ0n) is 15.0. The van der Waals surface area contributed by atoms with E-state index in [1.165, 1.54) is 33.3 Å². The van der Waals surface area contributed by atoms with Crippen LogP contribution in [0.15, 0.2) is 36.4 Å². The molecule has 0 aromatic heterocycles. The minimum atomic E-state index is -0.990. The van der Waals surface area contributed by atoms with Gasteiger partial charge in [-0.1, -0.05) is 29.3 Å². The van der Waals surface area contributed by atoms with E-state index < -0.39 is 18.0 Å². The molecule has 26 heavy (non-hydrogen) atoms. The van der Waals surface area contributed by atoms with E-state index in [0.29, 0.717) is 17.2 Å². The maximum Gasteiger partial charge on any atom is 0.339 e. The Balaban J connectivity index is 2.07. The number of esters is 1. The SMILES string of the molecule is COc1cc(C(=O)O[C@@H](C)C(=O)Nc2ccc(C)cc2)cc(Cl)c1OC. The van der Waals surface area contributed by atoms with Gasteiger partial charge < -0.3 is 19.5 Å². The van der Waals surface area contributed by atoms with Crippen LogP contribution in [0.1, 0.15) is 22.8 Å². The Hall–Kier alpha value is -2.73. The highest BCUT2D eigenvalue weighted by atomic mass is 35.5. The van der Waals surface area contributed by atoms with Crippen LogP contribution in [0.3, 0.4) is 0 Å². The summed E-state index contributed by atoms with van der Waals surface area (Å²) in [5, 5.41) is 2.90. The number of halogens is 1. The highest BCUT2D eigenvalue weighted by Gasteiger charge is 2.21. The molecule has 138 valence electrons. The zero-order valence-corrected chi connectivity index (χ0v) is 15.7. The van der Waals surface area contributed by atoms with Crippen LogP contribution in [0.5, 0.6) is 11.5 Å². The molecule has 0 fully saturated rings. The molecular formula is C19H20ClNO5. The third kappa shape index (κ3) is 4.67. The summed E-state index contributed by atoms with van der Waals surface area (Å²) in [6.45, 7) is 3.44. The number of benzene rings is 2. The van der Waals surface area contributed by atoms with Crippen molar-refractivity contribution < 1.29 is 23.8 Å². The van der Waals surface area contributed by atoms with Crippen LogP contribution in [0.25, 0.3) is 0 Å². The number of amides is 1. The Labute approximate surface area is 157 Å². The molecule has 0 radical (unpaired) electrons. The fraction of sp³-hybridized carbons (Fsp3) is 0.263. The van der Waals surface area contributed by atoms with E-state index in [2.05, 4.69) is 5.32 Å². The summed E-state index contributed by atoms with van der Waals surface area (Å²) in [5.74, 6) is -0.521. The molecule has 0 aliphatic rings. The van der Waals surface area contributed by atoms with Gasteiger partial charge in [0.15, 0.2) is 17.6 Å². The Kier molecular flexibility index (Phi) is 6.46. The Bertz CT molecular complexity index is 804. The van der Waals surface area contributed by atoms with Crippen molar-refractivity contribution in [3.05, 3.63) is 52.5 Å². The Morgan fingerprint density at radius 3 is 2.31 bits per heavy atom. The van der Waals surface area contributed by atoms with Gasteiger partial charge in [0.25, 0.3) is 5.91 Å². The Morgan fingerprint density at radius 2 is 1.73 bits per heavy atom. The lowest BCUT2D eigenvalue weighted by atomic mass is 10.2. The van der Waals surface area contributed by atoms with Gasteiger partial charge in [-0.15, -0.1) is 0 Å². The van der Waals surface area contributed by atoms with Crippen LogP contribution >= 0.6 is 11.6 Å². The largest absolute Gasteiger partial charge is 0.493 e. The normalized spacial score (nSPS) is 11.4. The second kappa shape index (κ2) is 8.58. The monoisotopic (exact) mass is 377 g/mol. The second-order valence-electron chi connectivity index (χ2n) is 5.60. The Morgan fingerprint density at radius 1 is 1.08 bits per heavy atom. The summed E-state index contributed by atoms with van der Waals surface area (Å²) in [6, 6.07) is 10.1. The highest BCUT2D eigenvalue weighted by molar-refractivity contribution is 6.32. The number of aryl methyl sites for hydroxylation is 1. The lowest BCUT2D eigenvalue weighted by molar-refractivity contribution is -0.123. The molecular weight excluding hydrogens is 358 g/mol. The van der Waals surface area contributed by atoms with Gasteiger partial charge in [0, 0.05) is 5.69 Å². The van der Waals surface area contributed by atoms with Crippen molar-refractivity contribution in [1.82, 2.24) is 0 Å². The molecule has 6 nitrogen and oxygen atoms in total. The van der Waals surface area contributed by atoms with Crippen molar-refractivity contribution in [2.75, 3.05) is 19.5 Å². The van der Waals surface area contributed by atoms with Gasteiger partial charge in [-0.05, 0) is 38.1 Å². The average molecular weight is 378 g/mol. The van der Waals surface area contributed by atoms with Gasteiger partial charge >= 0.3 is 5.97 Å². The zero-order chi connectivity index (χ0) is 19.3. The summed E-state index contributed by atoms with van der Waals surface area (Å²) in [4.78, 5) is 24.5. The summed E-state index contributed by atoms with van der Waals surface area (Å²) in [6.07, 6.45) is -0.990. The predicted molar refractivity (Wildman–Crippen MR) is 99.2 cm³/mol. The first kappa shape index (κ1) is 19.6. The molecule has 2 aromatic rings. The standard InChI is InChI=1S/C19H20ClNO5/c1-11-5-7-14(8-6-11)21-18(22)12(2)26-19(23)13-9-15(20)17(25-4)16(10-13)24-3/h5-10,12H,1-4H3,(H,21,22)/t12-/m0/s1. The van der Waals surface area contributed by atoms with Gasteiger partial charge in [0.2, 0.25) is 0 Å². The lowest BCUT2D eigenvalue weighted by Gasteiger charge is -2.15. The predicted octanol–water partition coefficient (Wildman–Crippen LogP) is 3.85. The quantitative estimate of drug-likeness (QED) is 0.774. The van der Waals surface area contributed by atoms with Gasteiger partial charge in [0.05, 0.1) is 24.8 Å². The maximum absolute atomic E-state index is 12.3. The smallest absolute Gasteiger partial charge is 0.339 e. The lowest BCUT2D eigenvalue weighted by Crippen LogP contribution is -2.30. The first-order valence-electron chi connectivity index (χ1n) is 7.85. The minimum Gasteiger partial charge on any atom is -0.493 e. The second-order valence-corrected chi connectivity index (χ2v) is 6.00. The van der Waals surface area contributed by atoms with Crippen molar-refractivity contribution >= 4 is 29.2 Å². The van der Waals surface area contributed by atoms with Crippen LogP contribution in [0.4, 0.5) is 5.69 Å². The maximum atomic E-state index is 12.3. The van der Waals surface area contributed by atoms with E-state index in [1.54, 1.807) is 12.1 Å². The van der Waals surface area contributed by atoms with Crippen molar-refractivity contribution in [3.63, 3.8) is 0 Å². The van der Waals surface area contributed by atoms with Crippen molar-refractivity contribution in [3.8, 4) is 11.5 Å². The van der Waals surface area contributed by atoms with Crippen LogP contribution in [-0.2, 0) is 9.53 Å². The van der Waals surface area contributed by atoms with Gasteiger partial charge in [-0.25, -0.2) is 4.79 Å². The summed E-state index contributed by atoms with van der Waals surface area (Å²) in [7, 11) is 2.88. The molecule has 1 amide bonds. The molecule has 0 unspecified atom stereocenters. The number of methoxy groups -OCH3 is 2. The number of carbonyl (C=O) groups excluding carboxylic acids is 2. The topological polar surface area (TPSA) is 73.9 Å². The van der Waals surface area contributed by atoms with Crippen LogP contribution in [-0.4, -0.2) is 32.2 Å². The third-order valence-corrected chi connectivity index (χ3v) is 3.92. The summed E-state index contributed by atoms with van der Waals surface area (Å²) < 4.78 is 15.5. The third-order valence-electron chi connectivity index (χ3n) is 3.64. The first-order chi connectivity index (χ1) is 12.3. The van der Waals surface area contributed by atoms with Gasteiger partial charge in [-0.2, -0.15) is 0 Å². The minimum absolute atomic E-state index is 0.155. The average Bonchev–Trinajstić information content (AvgIpc) is 2.62. The van der Waals surface area contributed by atoms with Crippen molar-refractivity contribution in [2.24, 2.45) is 0 Å². The number of hydrogen-bond acceptors (Lipinski definition) is 5. The molecule has 0 heterocycles. The number of nitrogens with one attached hydrogen (secondary N) is 1. The number of anilines is 1. The molecule has 0 spiro atoms. The number of rotatable bonds is 6. The molecule has 2 aromatic carbocycles. The molecule has 0 aliphatic carbocycles. The fourth-order valence-electron chi connectivity index (χ4n) is 2.20.